The minimum atomic E-state index is 0.0403. The first-order valence-electron chi connectivity index (χ1n) is 9.57. The average Bonchev–Trinajstić information content (AvgIpc) is 2.67. The molecule has 1 saturated carbocycles. The molecule has 0 bridgehead atoms. The Morgan fingerprint density at radius 1 is 1.28 bits per heavy atom. The molecule has 2 fully saturated rings. The maximum Gasteiger partial charge on any atom is 0.224 e. The first-order chi connectivity index (χ1) is 12.1. The first-order valence-corrected chi connectivity index (χ1v) is 9.57. The third-order valence-electron chi connectivity index (χ3n) is 5.99. The van der Waals surface area contributed by atoms with Gasteiger partial charge in [0.1, 0.15) is 5.82 Å². The van der Waals surface area contributed by atoms with E-state index in [1.165, 1.54) is 32.1 Å². The van der Waals surface area contributed by atoms with Gasteiger partial charge < -0.3 is 15.1 Å². The highest BCUT2D eigenvalue weighted by atomic mass is 16.1. The van der Waals surface area contributed by atoms with Crippen LogP contribution in [0.3, 0.4) is 0 Å². The van der Waals surface area contributed by atoms with Gasteiger partial charge in [-0.05, 0) is 39.8 Å². The molecule has 1 aromatic heterocycles. The van der Waals surface area contributed by atoms with E-state index < -0.39 is 0 Å². The number of aromatic nitrogens is 2. The van der Waals surface area contributed by atoms with Crippen LogP contribution in [0.4, 0.5) is 5.82 Å². The standard InChI is InChI=1S/C19H31N5O/c1-23(2)19(8-4-3-5-9-19)15-22-18(25)16-7-6-12-24(14-16)17-13-20-10-11-21-17/h10-11,13,16H,3-9,12,14-15H2,1-2H3,(H,22,25)/t16-/m1/s1. The molecule has 1 amide bonds. The summed E-state index contributed by atoms with van der Waals surface area (Å²) in [6.45, 7) is 2.45. The summed E-state index contributed by atoms with van der Waals surface area (Å²) in [6.07, 6.45) is 13.3. The molecule has 2 aliphatic rings. The monoisotopic (exact) mass is 345 g/mol. The van der Waals surface area contributed by atoms with Crippen LogP contribution in [0, 0.1) is 5.92 Å². The lowest BCUT2D eigenvalue weighted by Gasteiger charge is -2.43. The number of likely N-dealkylation sites (N-methyl/N-ethyl adjacent to an activating group) is 1. The number of hydrogen-bond acceptors (Lipinski definition) is 5. The van der Waals surface area contributed by atoms with Crippen molar-refractivity contribution in [2.24, 2.45) is 5.92 Å². The van der Waals surface area contributed by atoms with E-state index in [4.69, 9.17) is 0 Å². The van der Waals surface area contributed by atoms with E-state index in [0.717, 1.165) is 38.3 Å². The molecule has 1 aliphatic carbocycles. The van der Waals surface area contributed by atoms with Crippen LogP contribution < -0.4 is 10.2 Å². The lowest BCUT2D eigenvalue weighted by atomic mass is 9.80. The Bertz CT molecular complexity index is 556. The second-order valence-corrected chi connectivity index (χ2v) is 7.75. The maximum atomic E-state index is 12.8. The number of nitrogens with zero attached hydrogens (tertiary/aromatic N) is 4. The van der Waals surface area contributed by atoms with Crippen molar-refractivity contribution in [3.05, 3.63) is 18.6 Å². The number of rotatable bonds is 5. The predicted octanol–water partition coefficient (Wildman–Crippen LogP) is 2.07. The molecule has 2 heterocycles. The molecule has 0 spiro atoms. The second kappa shape index (κ2) is 8.13. The van der Waals surface area contributed by atoms with Crippen LogP contribution in [-0.4, -0.2) is 60.0 Å². The van der Waals surface area contributed by atoms with Crippen molar-refractivity contribution in [2.45, 2.75) is 50.5 Å². The zero-order valence-electron chi connectivity index (χ0n) is 15.6. The molecule has 6 nitrogen and oxygen atoms in total. The Morgan fingerprint density at radius 2 is 2.08 bits per heavy atom. The van der Waals surface area contributed by atoms with E-state index in [0.29, 0.717) is 0 Å². The fourth-order valence-electron chi connectivity index (χ4n) is 4.24. The van der Waals surface area contributed by atoms with Crippen molar-refractivity contribution in [3.8, 4) is 0 Å². The number of carbonyl (C=O) groups is 1. The van der Waals surface area contributed by atoms with Crippen LogP contribution in [0.2, 0.25) is 0 Å². The highest BCUT2D eigenvalue weighted by molar-refractivity contribution is 5.79. The number of carbonyl (C=O) groups excluding carboxylic acids is 1. The number of amides is 1. The van der Waals surface area contributed by atoms with Crippen LogP contribution in [0.25, 0.3) is 0 Å². The van der Waals surface area contributed by atoms with Gasteiger partial charge in [-0.3, -0.25) is 9.78 Å². The summed E-state index contributed by atoms with van der Waals surface area (Å²) in [7, 11) is 4.29. The van der Waals surface area contributed by atoms with Crippen LogP contribution in [-0.2, 0) is 4.79 Å². The van der Waals surface area contributed by atoms with Gasteiger partial charge in [0, 0.05) is 37.6 Å². The van der Waals surface area contributed by atoms with Crippen molar-refractivity contribution in [1.82, 2.24) is 20.2 Å². The van der Waals surface area contributed by atoms with E-state index in [2.05, 4.69) is 39.2 Å². The highest BCUT2D eigenvalue weighted by Gasteiger charge is 2.35. The molecule has 0 unspecified atom stereocenters. The van der Waals surface area contributed by atoms with Crippen LogP contribution >= 0.6 is 0 Å². The van der Waals surface area contributed by atoms with E-state index in [1.807, 2.05) is 0 Å². The molecule has 1 aromatic rings. The van der Waals surface area contributed by atoms with E-state index in [-0.39, 0.29) is 17.4 Å². The summed E-state index contributed by atoms with van der Waals surface area (Å²) in [5.74, 6) is 1.11. The summed E-state index contributed by atoms with van der Waals surface area (Å²) in [5, 5.41) is 3.27. The van der Waals surface area contributed by atoms with Gasteiger partial charge >= 0.3 is 0 Å². The Labute approximate surface area is 151 Å². The fourth-order valence-corrected chi connectivity index (χ4v) is 4.24. The number of nitrogens with one attached hydrogen (secondary N) is 1. The SMILES string of the molecule is CN(C)C1(CNC(=O)[C@@H]2CCCN(c3cnccn3)C2)CCCCC1. The molecular formula is C19H31N5O. The zero-order valence-corrected chi connectivity index (χ0v) is 15.6. The van der Waals surface area contributed by atoms with Gasteiger partial charge in [0.15, 0.2) is 0 Å². The van der Waals surface area contributed by atoms with E-state index >= 15 is 0 Å². The van der Waals surface area contributed by atoms with Crippen molar-refractivity contribution >= 4 is 11.7 Å². The summed E-state index contributed by atoms with van der Waals surface area (Å²) in [6, 6.07) is 0. The van der Waals surface area contributed by atoms with Crippen molar-refractivity contribution < 1.29 is 4.79 Å². The van der Waals surface area contributed by atoms with Gasteiger partial charge in [0.2, 0.25) is 5.91 Å². The summed E-state index contributed by atoms with van der Waals surface area (Å²) in [5.41, 5.74) is 0.132. The minimum absolute atomic E-state index is 0.0403. The molecule has 1 atom stereocenters. The van der Waals surface area contributed by atoms with Gasteiger partial charge in [0.25, 0.3) is 0 Å². The Morgan fingerprint density at radius 3 is 2.76 bits per heavy atom. The molecule has 1 saturated heterocycles. The second-order valence-electron chi connectivity index (χ2n) is 7.75. The maximum absolute atomic E-state index is 12.8. The quantitative estimate of drug-likeness (QED) is 0.885. The van der Waals surface area contributed by atoms with Crippen molar-refractivity contribution in [2.75, 3.05) is 38.6 Å². The van der Waals surface area contributed by atoms with Crippen LogP contribution in [0.5, 0.6) is 0 Å². The minimum Gasteiger partial charge on any atom is -0.355 e. The van der Waals surface area contributed by atoms with E-state index in [1.54, 1.807) is 18.6 Å². The molecule has 25 heavy (non-hydrogen) atoms. The normalized spacial score (nSPS) is 23.5. The third kappa shape index (κ3) is 4.29. The van der Waals surface area contributed by atoms with Crippen molar-refractivity contribution in [3.63, 3.8) is 0 Å². The summed E-state index contributed by atoms with van der Waals surface area (Å²) in [4.78, 5) is 25.8. The van der Waals surface area contributed by atoms with Crippen molar-refractivity contribution in [1.29, 1.82) is 0 Å². The van der Waals surface area contributed by atoms with E-state index in [9.17, 15) is 4.79 Å². The highest BCUT2D eigenvalue weighted by Crippen LogP contribution is 2.31. The molecule has 1 N–H and O–H groups in total. The third-order valence-corrected chi connectivity index (χ3v) is 5.99. The first kappa shape index (κ1) is 18.1. The topological polar surface area (TPSA) is 61.4 Å². The zero-order chi connectivity index (χ0) is 17.7. The smallest absolute Gasteiger partial charge is 0.224 e. The molecule has 0 radical (unpaired) electrons. The summed E-state index contributed by atoms with van der Waals surface area (Å²) < 4.78 is 0. The van der Waals surface area contributed by atoms with Crippen LogP contribution in [0.15, 0.2) is 18.6 Å². The number of hydrogen-bond donors (Lipinski definition) is 1. The predicted molar refractivity (Wildman–Crippen MR) is 99.5 cm³/mol. The Hall–Kier alpha value is -1.69. The molecule has 1 aliphatic heterocycles. The molecule has 0 aromatic carbocycles. The van der Waals surface area contributed by atoms with Gasteiger partial charge in [-0.2, -0.15) is 0 Å². The van der Waals surface area contributed by atoms with Gasteiger partial charge in [-0.15, -0.1) is 0 Å². The van der Waals surface area contributed by atoms with Crippen LogP contribution in [0.1, 0.15) is 44.9 Å². The lowest BCUT2D eigenvalue weighted by Crippen LogP contribution is -2.55. The Kier molecular flexibility index (Phi) is 5.89. The fraction of sp³-hybridized carbons (Fsp3) is 0.737. The molecular weight excluding hydrogens is 314 g/mol. The lowest BCUT2D eigenvalue weighted by molar-refractivity contribution is -0.126. The molecule has 6 heteroatoms. The largest absolute Gasteiger partial charge is 0.355 e. The van der Waals surface area contributed by atoms with Gasteiger partial charge in [-0.25, -0.2) is 4.98 Å². The molecule has 138 valence electrons. The number of piperidine rings is 1. The Balaban J connectivity index is 1.57. The molecule has 3 rings (SSSR count). The average molecular weight is 345 g/mol. The van der Waals surface area contributed by atoms with Gasteiger partial charge in [-0.1, -0.05) is 19.3 Å². The number of anilines is 1. The van der Waals surface area contributed by atoms with Gasteiger partial charge in [0.05, 0.1) is 12.1 Å². The summed E-state index contributed by atoms with van der Waals surface area (Å²) >= 11 is 0.